The van der Waals surface area contributed by atoms with E-state index in [1.54, 1.807) is 0 Å². The minimum atomic E-state index is -0.0690. The van der Waals surface area contributed by atoms with Gasteiger partial charge in [0.2, 0.25) is 0 Å². The number of anilines is 2. The van der Waals surface area contributed by atoms with Crippen LogP contribution in [0.1, 0.15) is 48.6 Å². The van der Waals surface area contributed by atoms with E-state index in [1.807, 2.05) is 37.3 Å². The molecule has 1 saturated heterocycles. The molecular weight excluding hydrogens is 580 g/mol. The van der Waals surface area contributed by atoms with Gasteiger partial charge in [0.15, 0.2) is 0 Å². The maximum absolute atomic E-state index is 13.7. The Labute approximate surface area is 270 Å². The number of fused-ring (bicyclic) bond motifs is 1. The number of aromatic nitrogens is 1. The molecule has 1 atom stereocenters. The summed E-state index contributed by atoms with van der Waals surface area (Å²) >= 11 is 1.49. The van der Waals surface area contributed by atoms with Crippen molar-refractivity contribution in [3.63, 3.8) is 0 Å². The van der Waals surface area contributed by atoms with E-state index in [-0.39, 0.29) is 5.91 Å². The first kappa shape index (κ1) is 31.0. The average Bonchev–Trinajstić information content (AvgIpc) is 3.38. The number of carbonyl (C=O) groups is 1. The minimum Gasteiger partial charge on any atom is -0.493 e. The van der Waals surface area contributed by atoms with Gasteiger partial charge in [0.05, 0.1) is 18.9 Å². The quantitative estimate of drug-likeness (QED) is 0.197. The van der Waals surface area contributed by atoms with E-state index in [2.05, 4.69) is 81.3 Å². The predicted octanol–water partition coefficient (Wildman–Crippen LogP) is 7.56. The molecule has 2 aliphatic heterocycles. The molecule has 0 spiro atoms. The Bertz CT molecular complexity index is 1640. The predicted molar refractivity (Wildman–Crippen MR) is 184 cm³/mol. The third kappa shape index (κ3) is 7.47. The van der Waals surface area contributed by atoms with Crippen molar-refractivity contribution < 1.29 is 14.3 Å². The Morgan fingerprint density at radius 3 is 2.76 bits per heavy atom. The zero-order chi connectivity index (χ0) is 31.2. The van der Waals surface area contributed by atoms with Gasteiger partial charge in [-0.05, 0) is 105 Å². The first-order chi connectivity index (χ1) is 22.0. The Balaban J connectivity index is 1.23. The zero-order valence-corrected chi connectivity index (χ0v) is 27.2. The van der Waals surface area contributed by atoms with Crippen LogP contribution in [0.3, 0.4) is 0 Å². The van der Waals surface area contributed by atoms with Crippen molar-refractivity contribution in [2.75, 3.05) is 43.6 Å². The van der Waals surface area contributed by atoms with Crippen molar-refractivity contribution >= 4 is 34.9 Å². The molecule has 0 bridgehead atoms. The molecule has 0 saturated carbocycles. The second kappa shape index (κ2) is 14.4. The van der Waals surface area contributed by atoms with Crippen molar-refractivity contribution in [2.24, 2.45) is 0 Å². The number of ether oxygens (including phenoxy) is 2. The van der Waals surface area contributed by atoms with E-state index >= 15 is 0 Å². The number of rotatable bonds is 10. The number of para-hydroxylation sites is 1. The van der Waals surface area contributed by atoms with E-state index in [9.17, 15) is 4.79 Å². The summed E-state index contributed by atoms with van der Waals surface area (Å²) in [7, 11) is 2.16. The van der Waals surface area contributed by atoms with Crippen LogP contribution in [0.25, 0.3) is 17.2 Å². The minimum absolute atomic E-state index is 0.0690. The molecule has 45 heavy (non-hydrogen) atoms. The van der Waals surface area contributed by atoms with Crippen LogP contribution in [0.15, 0.2) is 77.7 Å². The molecular formula is C37H42N4O3S. The fraction of sp³-hybridized carbons (Fsp3) is 0.351. The first-order valence-electron chi connectivity index (χ1n) is 15.9. The van der Waals surface area contributed by atoms with Gasteiger partial charge >= 0.3 is 0 Å². The van der Waals surface area contributed by atoms with Gasteiger partial charge in [-0.15, -0.1) is 0 Å². The van der Waals surface area contributed by atoms with Gasteiger partial charge in [-0.1, -0.05) is 36.4 Å². The van der Waals surface area contributed by atoms with Crippen molar-refractivity contribution in [1.29, 1.82) is 0 Å². The smallest absolute Gasteiger partial charge is 0.251 e. The summed E-state index contributed by atoms with van der Waals surface area (Å²) in [4.78, 5) is 18.4. The summed E-state index contributed by atoms with van der Waals surface area (Å²) in [5.74, 6) is 0.787. The van der Waals surface area contributed by atoms with Crippen LogP contribution in [0.5, 0.6) is 5.75 Å². The lowest BCUT2D eigenvalue weighted by molar-refractivity contribution is -0.112. The molecule has 1 aromatic heterocycles. The number of aryl methyl sites for hydroxylation is 1. The fourth-order valence-corrected chi connectivity index (χ4v) is 6.86. The zero-order valence-electron chi connectivity index (χ0n) is 26.4. The Hall–Kier alpha value is -3.98. The highest BCUT2D eigenvalue weighted by atomic mass is 32.1. The summed E-state index contributed by atoms with van der Waals surface area (Å²) in [6.45, 7) is 8.65. The van der Waals surface area contributed by atoms with Crippen LogP contribution in [0.4, 0.5) is 11.4 Å². The highest BCUT2D eigenvalue weighted by Gasteiger charge is 2.22. The number of carbonyl (C=O) groups excluding carboxylic acids is 1. The van der Waals surface area contributed by atoms with Gasteiger partial charge in [-0.25, -0.2) is 0 Å². The van der Waals surface area contributed by atoms with Gasteiger partial charge < -0.3 is 19.7 Å². The summed E-state index contributed by atoms with van der Waals surface area (Å²) in [6.07, 6.45) is 4.98. The second-order valence-corrected chi connectivity index (χ2v) is 12.5. The van der Waals surface area contributed by atoms with Crippen molar-refractivity contribution in [1.82, 2.24) is 9.27 Å². The maximum atomic E-state index is 13.7. The maximum Gasteiger partial charge on any atom is 0.251 e. The first-order valence-corrected chi connectivity index (χ1v) is 16.7. The van der Waals surface area contributed by atoms with E-state index in [1.165, 1.54) is 29.1 Å². The largest absolute Gasteiger partial charge is 0.493 e. The van der Waals surface area contributed by atoms with Crippen LogP contribution in [-0.2, 0) is 22.6 Å². The summed E-state index contributed by atoms with van der Waals surface area (Å²) < 4.78 is 16.1. The molecule has 1 unspecified atom stereocenters. The van der Waals surface area contributed by atoms with Crippen molar-refractivity contribution in [2.45, 2.75) is 52.2 Å². The van der Waals surface area contributed by atoms with E-state index < -0.39 is 0 Å². The number of nitrogens with one attached hydrogen (secondary N) is 1. The third-order valence-electron chi connectivity index (χ3n) is 8.75. The lowest BCUT2D eigenvalue weighted by Gasteiger charge is -2.31. The molecule has 2 aliphatic rings. The third-order valence-corrected chi connectivity index (χ3v) is 9.52. The number of hydrogen-bond acceptors (Lipinski definition) is 7. The highest BCUT2D eigenvalue weighted by molar-refractivity contribution is 7.03. The topological polar surface area (TPSA) is 66.9 Å². The molecule has 1 fully saturated rings. The normalized spacial score (nSPS) is 16.6. The molecule has 6 rings (SSSR count). The number of nitrogens with zero attached hydrogens (tertiary/aromatic N) is 3. The Morgan fingerprint density at radius 1 is 1.16 bits per heavy atom. The van der Waals surface area contributed by atoms with E-state index in [0.29, 0.717) is 19.1 Å². The lowest BCUT2D eigenvalue weighted by Crippen LogP contribution is -2.37. The van der Waals surface area contributed by atoms with E-state index in [4.69, 9.17) is 9.47 Å². The van der Waals surface area contributed by atoms with Crippen LogP contribution >= 0.6 is 11.5 Å². The van der Waals surface area contributed by atoms with Gasteiger partial charge in [0.1, 0.15) is 5.75 Å². The fourth-order valence-electron chi connectivity index (χ4n) is 6.15. The molecule has 3 aromatic carbocycles. The highest BCUT2D eigenvalue weighted by Crippen LogP contribution is 2.37. The molecule has 4 aromatic rings. The number of amides is 1. The van der Waals surface area contributed by atoms with Crippen LogP contribution < -0.4 is 15.0 Å². The number of likely N-dealkylation sites (N-methyl/N-ethyl adjacent to an activating group) is 1. The Morgan fingerprint density at radius 2 is 2.00 bits per heavy atom. The monoisotopic (exact) mass is 622 g/mol. The van der Waals surface area contributed by atoms with Gasteiger partial charge in [0, 0.05) is 65.7 Å². The summed E-state index contributed by atoms with van der Waals surface area (Å²) in [5.41, 5.74) is 9.28. The number of benzene rings is 3. The molecule has 8 heteroatoms. The number of hydrogen-bond donors (Lipinski definition) is 1. The second-order valence-electron chi connectivity index (χ2n) is 11.9. The van der Waals surface area contributed by atoms with Crippen LogP contribution in [0.2, 0.25) is 0 Å². The summed E-state index contributed by atoms with van der Waals surface area (Å²) in [6, 6.07) is 23.3. The van der Waals surface area contributed by atoms with E-state index in [0.717, 1.165) is 84.4 Å². The average molecular weight is 623 g/mol. The van der Waals surface area contributed by atoms with Crippen molar-refractivity contribution in [3.05, 3.63) is 100 Å². The lowest BCUT2D eigenvalue weighted by atomic mass is 9.99. The molecule has 3 heterocycles. The van der Waals surface area contributed by atoms with Crippen molar-refractivity contribution in [3.8, 4) is 16.9 Å². The molecule has 7 nitrogen and oxygen atoms in total. The Kier molecular flexibility index (Phi) is 9.94. The SMILES string of the molecule is CCOc1ccccc1-c1ccc2c(c1)C=C(C(=O)Nc1ccc(CN(C)C3CCCOC3)cc1)CCN2Cc1csnc1C. The molecule has 0 radical (unpaired) electrons. The summed E-state index contributed by atoms with van der Waals surface area (Å²) in [5, 5.41) is 5.29. The standard InChI is InChI=1S/C37H42N4O3S/c1-4-44-36-10-6-5-9-34(36)28-13-16-35-30(20-28)21-29(17-18-41(35)23-31-25-45-39-26(31)2)37(42)38-32-14-11-27(12-15-32)22-40(3)33-8-7-19-43-24-33/h5-6,9-16,20-21,25,33H,4,7-8,17-19,22-24H2,1-3H3,(H,38,42). The van der Waals surface area contributed by atoms with Gasteiger partial charge in [0.25, 0.3) is 5.91 Å². The van der Waals surface area contributed by atoms with Gasteiger partial charge in [-0.2, -0.15) is 4.37 Å². The molecule has 234 valence electrons. The molecule has 1 N–H and O–H groups in total. The van der Waals surface area contributed by atoms with Gasteiger partial charge in [-0.3, -0.25) is 9.69 Å². The molecule has 0 aliphatic carbocycles. The van der Waals surface area contributed by atoms with Crippen LogP contribution in [0, 0.1) is 6.92 Å². The molecule has 1 amide bonds. The van der Waals surface area contributed by atoms with Crippen LogP contribution in [-0.4, -0.2) is 54.6 Å².